The first-order valence-electron chi connectivity index (χ1n) is 6.52. The molecule has 0 saturated carbocycles. The molecule has 1 aromatic rings. The second-order valence-electron chi connectivity index (χ2n) is 5.44. The number of rotatable bonds is 5. The number of methoxy groups -OCH3 is 1. The maximum atomic E-state index is 14.0. The average molecular weight is 333 g/mol. The van der Waals surface area contributed by atoms with Gasteiger partial charge in [-0.2, -0.15) is 0 Å². The third kappa shape index (κ3) is 3.13. The van der Waals surface area contributed by atoms with Gasteiger partial charge in [0.2, 0.25) is 9.84 Å². The number of hydrogen-bond donors (Lipinski definition) is 1. The van der Waals surface area contributed by atoms with Crippen LogP contribution in [-0.2, 0) is 19.4 Å². The highest BCUT2D eigenvalue weighted by Gasteiger charge is 2.39. The van der Waals surface area contributed by atoms with Crippen molar-refractivity contribution in [1.29, 1.82) is 0 Å². The van der Waals surface area contributed by atoms with Gasteiger partial charge in [0.15, 0.2) is 5.03 Å². The Morgan fingerprint density at radius 2 is 1.91 bits per heavy atom. The van der Waals surface area contributed by atoms with Crippen molar-refractivity contribution in [2.24, 2.45) is 0 Å². The molecule has 2 rings (SSSR count). The minimum atomic E-state index is -4.11. The van der Waals surface area contributed by atoms with E-state index in [4.69, 9.17) is 9.57 Å². The molecular weight excluding hydrogens is 316 g/mol. The summed E-state index contributed by atoms with van der Waals surface area (Å²) in [7, 11) is -2.85. The molecule has 0 aliphatic carbocycles. The molecule has 22 heavy (non-hydrogen) atoms. The Morgan fingerprint density at radius 3 is 2.36 bits per heavy atom. The Bertz CT molecular complexity index is 681. The van der Waals surface area contributed by atoms with Crippen LogP contribution in [0.4, 0.5) is 8.78 Å². The van der Waals surface area contributed by atoms with Crippen LogP contribution in [-0.4, -0.2) is 27.7 Å². The maximum absolute atomic E-state index is 14.0. The van der Waals surface area contributed by atoms with E-state index in [0.29, 0.717) is 0 Å². The highest BCUT2D eigenvalue weighted by molar-refractivity contribution is 7.95. The number of ether oxygens (including phenoxy) is 1. The molecule has 1 aliphatic heterocycles. The molecule has 1 unspecified atom stereocenters. The standard InChI is InChI=1S/C14H17F2NO4S/c1-14(2)7-12(17-21-14)22(18,19)11(8-20-3)13-9(15)5-4-6-10(13)16/h4-7,11,17H,8H2,1-3H3. The molecule has 0 spiro atoms. The second-order valence-corrected chi connectivity index (χ2v) is 7.54. The lowest BCUT2D eigenvalue weighted by Crippen LogP contribution is -2.27. The van der Waals surface area contributed by atoms with E-state index in [2.05, 4.69) is 5.48 Å². The van der Waals surface area contributed by atoms with Crippen molar-refractivity contribution in [3.63, 3.8) is 0 Å². The van der Waals surface area contributed by atoms with E-state index in [-0.39, 0.29) is 11.6 Å². The van der Waals surface area contributed by atoms with Crippen LogP contribution in [0.2, 0.25) is 0 Å². The van der Waals surface area contributed by atoms with Crippen LogP contribution < -0.4 is 5.48 Å². The third-order valence-corrected chi connectivity index (χ3v) is 5.15. The van der Waals surface area contributed by atoms with Crippen molar-refractivity contribution < 1.29 is 26.8 Å². The summed E-state index contributed by atoms with van der Waals surface area (Å²) < 4.78 is 58.2. The first-order valence-corrected chi connectivity index (χ1v) is 8.07. The molecule has 0 aromatic heterocycles. The normalized spacial score (nSPS) is 18.7. The van der Waals surface area contributed by atoms with Gasteiger partial charge in [-0.15, -0.1) is 0 Å². The number of hydroxylamine groups is 1. The smallest absolute Gasteiger partial charge is 0.204 e. The minimum absolute atomic E-state index is 0.234. The fourth-order valence-corrected chi connectivity index (χ4v) is 3.91. The fraction of sp³-hybridized carbons (Fsp3) is 0.429. The van der Waals surface area contributed by atoms with Crippen LogP contribution in [0.1, 0.15) is 24.7 Å². The molecule has 0 saturated heterocycles. The van der Waals surface area contributed by atoms with Gasteiger partial charge in [0, 0.05) is 12.7 Å². The summed E-state index contributed by atoms with van der Waals surface area (Å²) in [4.78, 5) is 5.11. The van der Waals surface area contributed by atoms with Crippen LogP contribution in [0.5, 0.6) is 0 Å². The molecule has 8 heteroatoms. The van der Waals surface area contributed by atoms with Crippen LogP contribution >= 0.6 is 0 Å². The third-order valence-electron chi connectivity index (χ3n) is 3.21. The molecule has 0 amide bonds. The van der Waals surface area contributed by atoms with E-state index in [1.807, 2.05) is 0 Å². The number of benzene rings is 1. The van der Waals surface area contributed by atoms with E-state index >= 15 is 0 Å². The summed E-state index contributed by atoms with van der Waals surface area (Å²) in [6, 6.07) is 3.19. The monoisotopic (exact) mass is 333 g/mol. The number of hydrogen-bond acceptors (Lipinski definition) is 5. The first kappa shape index (κ1) is 16.9. The Balaban J connectivity index is 2.53. The number of sulfone groups is 1. The van der Waals surface area contributed by atoms with Crippen molar-refractivity contribution in [1.82, 2.24) is 5.48 Å². The van der Waals surface area contributed by atoms with Crippen LogP contribution in [0.3, 0.4) is 0 Å². The Labute approximate surface area is 127 Å². The van der Waals surface area contributed by atoms with Gasteiger partial charge in [0.1, 0.15) is 22.5 Å². The van der Waals surface area contributed by atoms with Crippen LogP contribution in [0.15, 0.2) is 29.3 Å². The van der Waals surface area contributed by atoms with E-state index in [1.54, 1.807) is 13.8 Å². The molecule has 1 aliphatic rings. The van der Waals surface area contributed by atoms with Gasteiger partial charge < -0.3 is 4.74 Å². The van der Waals surface area contributed by atoms with Gasteiger partial charge in [-0.25, -0.2) is 17.2 Å². The SMILES string of the molecule is COCC(c1c(F)cccc1F)S(=O)(=O)C1=CC(C)(C)ON1. The molecule has 0 bridgehead atoms. The zero-order valence-electron chi connectivity index (χ0n) is 12.4. The van der Waals surface area contributed by atoms with E-state index in [0.717, 1.165) is 12.1 Å². The summed E-state index contributed by atoms with van der Waals surface area (Å²) in [6.45, 7) is 2.91. The lowest BCUT2D eigenvalue weighted by Gasteiger charge is -2.19. The zero-order valence-corrected chi connectivity index (χ0v) is 13.2. The average Bonchev–Trinajstić information content (AvgIpc) is 2.78. The topological polar surface area (TPSA) is 64.6 Å². The zero-order chi connectivity index (χ0) is 16.5. The highest BCUT2D eigenvalue weighted by atomic mass is 32.2. The summed E-state index contributed by atoms with van der Waals surface area (Å²) in [5, 5.41) is -1.75. The predicted octanol–water partition coefficient (Wildman–Crippen LogP) is 2.22. The molecular formula is C14H17F2NO4S. The summed E-state index contributed by atoms with van der Waals surface area (Å²) in [5.74, 6) is -1.88. The van der Waals surface area contributed by atoms with Crippen molar-refractivity contribution >= 4 is 9.84 Å². The maximum Gasteiger partial charge on any atom is 0.204 e. The molecule has 0 radical (unpaired) electrons. The molecule has 0 fully saturated rings. The summed E-state index contributed by atoms with van der Waals surface area (Å²) in [6.07, 6.45) is 1.35. The van der Waals surface area contributed by atoms with Crippen LogP contribution in [0, 0.1) is 11.6 Å². The lowest BCUT2D eigenvalue weighted by atomic mass is 10.1. The minimum Gasteiger partial charge on any atom is -0.383 e. The van der Waals surface area contributed by atoms with Crippen molar-refractivity contribution in [3.8, 4) is 0 Å². The molecule has 5 nitrogen and oxygen atoms in total. The fourth-order valence-electron chi connectivity index (χ4n) is 2.15. The van der Waals surface area contributed by atoms with Crippen LogP contribution in [0.25, 0.3) is 0 Å². The Morgan fingerprint density at radius 1 is 1.32 bits per heavy atom. The summed E-state index contributed by atoms with van der Waals surface area (Å²) >= 11 is 0. The molecule has 122 valence electrons. The van der Waals surface area contributed by atoms with Gasteiger partial charge in [0.25, 0.3) is 0 Å². The van der Waals surface area contributed by atoms with Gasteiger partial charge in [-0.3, -0.25) is 10.3 Å². The number of halogens is 2. The molecule has 1 heterocycles. The Hall–Kier alpha value is -1.51. The Kier molecular flexibility index (Phi) is 4.55. The van der Waals surface area contributed by atoms with Gasteiger partial charge in [-0.05, 0) is 32.1 Å². The van der Waals surface area contributed by atoms with E-state index in [1.165, 1.54) is 19.3 Å². The largest absolute Gasteiger partial charge is 0.383 e. The quantitative estimate of drug-likeness (QED) is 0.895. The van der Waals surface area contributed by atoms with Gasteiger partial charge in [-0.1, -0.05) is 6.07 Å². The van der Waals surface area contributed by atoms with E-state index in [9.17, 15) is 17.2 Å². The second kappa shape index (κ2) is 5.94. The van der Waals surface area contributed by atoms with Crippen molar-refractivity contribution in [2.45, 2.75) is 24.7 Å². The van der Waals surface area contributed by atoms with Crippen molar-refractivity contribution in [2.75, 3.05) is 13.7 Å². The molecule has 1 atom stereocenters. The van der Waals surface area contributed by atoms with Gasteiger partial charge in [0.05, 0.1) is 6.61 Å². The lowest BCUT2D eigenvalue weighted by molar-refractivity contribution is -0.0130. The predicted molar refractivity (Wildman–Crippen MR) is 76.3 cm³/mol. The molecule has 1 N–H and O–H groups in total. The van der Waals surface area contributed by atoms with Gasteiger partial charge >= 0.3 is 0 Å². The highest BCUT2D eigenvalue weighted by Crippen LogP contribution is 2.34. The summed E-state index contributed by atoms with van der Waals surface area (Å²) in [5.41, 5.74) is 0.923. The first-order chi connectivity index (χ1) is 10.2. The van der Waals surface area contributed by atoms with Crippen molar-refractivity contribution in [3.05, 3.63) is 46.5 Å². The van der Waals surface area contributed by atoms with E-state index < -0.39 is 37.9 Å². The number of nitrogens with one attached hydrogen (secondary N) is 1. The molecule has 1 aromatic carbocycles.